The third-order valence-electron chi connectivity index (χ3n) is 6.79. The summed E-state index contributed by atoms with van der Waals surface area (Å²) in [4.78, 5) is 2.52. The van der Waals surface area contributed by atoms with Crippen molar-refractivity contribution in [3.8, 4) is 17.6 Å². The molecule has 2 aromatic rings. The lowest BCUT2D eigenvalue weighted by molar-refractivity contribution is -0.0553. The minimum atomic E-state index is -3.65. The van der Waals surface area contributed by atoms with Gasteiger partial charge in [-0.25, -0.2) is 8.42 Å². The van der Waals surface area contributed by atoms with Gasteiger partial charge in [0, 0.05) is 43.1 Å². The number of ether oxygens (including phenoxy) is 1. The van der Waals surface area contributed by atoms with E-state index in [2.05, 4.69) is 16.7 Å². The van der Waals surface area contributed by atoms with Crippen molar-refractivity contribution < 1.29 is 23.4 Å². The largest absolute Gasteiger partial charge is 0.497 e. The van der Waals surface area contributed by atoms with Crippen LogP contribution in [0.2, 0.25) is 0 Å². The molecular weight excluding hydrogens is 452 g/mol. The molecule has 182 valence electrons. The number of hydrogen-bond acceptors (Lipinski definition) is 6. The van der Waals surface area contributed by atoms with Crippen LogP contribution in [0.4, 0.5) is 0 Å². The third-order valence-corrected chi connectivity index (χ3v) is 8.67. The van der Waals surface area contributed by atoms with Gasteiger partial charge in [0.1, 0.15) is 5.75 Å². The molecule has 3 atom stereocenters. The van der Waals surface area contributed by atoms with Crippen molar-refractivity contribution in [3.05, 3.63) is 59.7 Å². The van der Waals surface area contributed by atoms with Crippen LogP contribution in [-0.4, -0.2) is 79.9 Å². The molecule has 2 aliphatic heterocycles. The molecule has 4 rings (SSSR count). The number of aliphatic hydroxyl groups excluding tert-OH is 2. The molecule has 34 heavy (non-hydrogen) atoms. The van der Waals surface area contributed by atoms with E-state index in [0.29, 0.717) is 25.3 Å². The van der Waals surface area contributed by atoms with Crippen LogP contribution in [0.1, 0.15) is 36.3 Å². The van der Waals surface area contributed by atoms with E-state index in [1.54, 1.807) is 35.7 Å². The van der Waals surface area contributed by atoms with E-state index in [4.69, 9.17) is 9.84 Å². The van der Waals surface area contributed by atoms with Crippen molar-refractivity contribution in [1.82, 2.24) is 9.21 Å². The molecule has 8 heteroatoms. The van der Waals surface area contributed by atoms with E-state index in [1.165, 1.54) is 0 Å². The highest BCUT2D eigenvalue weighted by Gasteiger charge is 2.50. The Labute approximate surface area is 202 Å². The molecule has 0 saturated carbocycles. The van der Waals surface area contributed by atoms with Gasteiger partial charge < -0.3 is 14.9 Å². The average Bonchev–Trinajstić information content (AvgIpc) is 2.84. The Morgan fingerprint density at radius 1 is 1.03 bits per heavy atom. The molecule has 0 aromatic heterocycles. The number of sulfonamides is 1. The molecule has 0 radical (unpaired) electrons. The maximum absolute atomic E-state index is 13.5. The SMILES string of the molecule is COc1ccc(S(=O)(=O)N2CCCCN3[C@@H](CO)[C@@H](c4ccc(C#CCCO)cc4)[C@@H]3C2)cc1. The van der Waals surface area contributed by atoms with Gasteiger partial charge >= 0.3 is 0 Å². The average molecular weight is 485 g/mol. The van der Waals surface area contributed by atoms with Crippen LogP contribution in [0.25, 0.3) is 0 Å². The van der Waals surface area contributed by atoms with Gasteiger partial charge in [-0.05, 0) is 61.3 Å². The Morgan fingerprint density at radius 2 is 1.74 bits per heavy atom. The number of hydrogen-bond donors (Lipinski definition) is 2. The molecule has 7 nitrogen and oxygen atoms in total. The minimum Gasteiger partial charge on any atom is -0.497 e. The first-order valence-corrected chi connectivity index (χ1v) is 13.1. The molecule has 0 spiro atoms. The summed E-state index contributed by atoms with van der Waals surface area (Å²) in [5, 5.41) is 19.0. The van der Waals surface area contributed by atoms with E-state index in [-0.39, 0.29) is 36.1 Å². The van der Waals surface area contributed by atoms with Crippen LogP contribution in [0.5, 0.6) is 5.75 Å². The minimum absolute atomic E-state index is 0.00297. The molecule has 2 aromatic carbocycles. The Kier molecular flexibility index (Phi) is 7.91. The molecule has 2 saturated heterocycles. The second-order valence-electron chi connectivity index (χ2n) is 8.72. The zero-order valence-corrected chi connectivity index (χ0v) is 20.2. The van der Waals surface area contributed by atoms with Gasteiger partial charge in [0.15, 0.2) is 0 Å². The molecule has 0 unspecified atom stereocenters. The van der Waals surface area contributed by atoms with Crippen LogP contribution < -0.4 is 4.74 Å². The summed E-state index contributed by atoms with van der Waals surface area (Å²) >= 11 is 0. The molecule has 0 amide bonds. The molecule has 0 bridgehead atoms. The van der Waals surface area contributed by atoms with E-state index in [1.807, 2.05) is 24.3 Å². The highest BCUT2D eigenvalue weighted by Crippen LogP contribution is 2.42. The Balaban J connectivity index is 1.58. The highest BCUT2D eigenvalue weighted by molar-refractivity contribution is 7.89. The van der Waals surface area contributed by atoms with Crippen molar-refractivity contribution in [2.24, 2.45) is 0 Å². The maximum Gasteiger partial charge on any atom is 0.243 e. The fraction of sp³-hybridized carbons (Fsp3) is 0.462. The van der Waals surface area contributed by atoms with Gasteiger partial charge in [-0.1, -0.05) is 24.0 Å². The zero-order valence-electron chi connectivity index (χ0n) is 19.4. The van der Waals surface area contributed by atoms with E-state index >= 15 is 0 Å². The summed E-state index contributed by atoms with van der Waals surface area (Å²) in [6.07, 6.45) is 2.10. The smallest absolute Gasteiger partial charge is 0.243 e. The van der Waals surface area contributed by atoms with E-state index in [9.17, 15) is 13.5 Å². The van der Waals surface area contributed by atoms with Crippen molar-refractivity contribution in [1.29, 1.82) is 0 Å². The summed E-state index contributed by atoms with van der Waals surface area (Å²) in [6, 6.07) is 14.4. The number of benzene rings is 2. The molecule has 2 N–H and O–H groups in total. The van der Waals surface area contributed by atoms with Crippen molar-refractivity contribution in [2.75, 3.05) is 40.0 Å². The fourth-order valence-electron chi connectivity index (χ4n) is 5.03. The van der Waals surface area contributed by atoms with Gasteiger partial charge in [-0.3, -0.25) is 4.90 Å². The normalized spacial score (nSPS) is 23.6. The summed E-state index contributed by atoms with van der Waals surface area (Å²) in [7, 11) is -2.09. The monoisotopic (exact) mass is 484 g/mol. The third kappa shape index (κ3) is 4.99. The van der Waals surface area contributed by atoms with Gasteiger partial charge in [0.2, 0.25) is 10.0 Å². The number of aliphatic hydroxyl groups is 2. The number of methoxy groups -OCH3 is 1. The van der Waals surface area contributed by atoms with E-state index in [0.717, 1.165) is 30.5 Å². The Morgan fingerprint density at radius 3 is 2.38 bits per heavy atom. The first kappa shape index (κ1) is 24.7. The van der Waals surface area contributed by atoms with Crippen LogP contribution in [0, 0.1) is 11.8 Å². The molecular formula is C26H32N2O5S. The lowest BCUT2D eigenvalue weighted by Crippen LogP contribution is -2.67. The lowest BCUT2D eigenvalue weighted by Gasteiger charge is -2.57. The lowest BCUT2D eigenvalue weighted by atomic mass is 9.74. The van der Waals surface area contributed by atoms with Gasteiger partial charge in [-0.2, -0.15) is 4.31 Å². The van der Waals surface area contributed by atoms with Crippen molar-refractivity contribution in [2.45, 2.75) is 42.2 Å². The molecule has 0 aliphatic carbocycles. The fourth-order valence-corrected chi connectivity index (χ4v) is 6.53. The van der Waals surface area contributed by atoms with Gasteiger partial charge in [0.25, 0.3) is 0 Å². The second kappa shape index (κ2) is 10.9. The van der Waals surface area contributed by atoms with Gasteiger partial charge in [0.05, 0.1) is 25.2 Å². The Bertz CT molecular complexity index is 1120. The van der Waals surface area contributed by atoms with Crippen LogP contribution in [0.15, 0.2) is 53.4 Å². The summed E-state index contributed by atoms with van der Waals surface area (Å²) in [5.74, 6) is 6.61. The zero-order chi connectivity index (χ0) is 24.1. The maximum atomic E-state index is 13.5. The summed E-state index contributed by atoms with van der Waals surface area (Å²) in [5.41, 5.74) is 1.95. The predicted octanol–water partition coefficient (Wildman–Crippen LogP) is 2.04. The second-order valence-corrected chi connectivity index (χ2v) is 10.7. The van der Waals surface area contributed by atoms with E-state index < -0.39 is 10.0 Å². The first-order chi connectivity index (χ1) is 16.5. The summed E-state index contributed by atoms with van der Waals surface area (Å²) < 4.78 is 33.7. The van der Waals surface area contributed by atoms with Gasteiger partial charge in [-0.15, -0.1) is 0 Å². The number of nitrogens with zero attached hydrogens (tertiary/aromatic N) is 2. The first-order valence-electron chi connectivity index (χ1n) is 11.7. The topological polar surface area (TPSA) is 90.3 Å². The molecule has 2 heterocycles. The van der Waals surface area contributed by atoms with Crippen molar-refractivity contribution >= 4 is 10.0 Å². The predicted molar refractivity (Wildman–Crippen MR) is 130 cm³/mol. The van der Waals surface area contributed by atoms with Crippen LogP contribution in [-0.2, 0) is 10.0 Å². The number of rotatable bonds is 6. The van der Waals surface area contributed by atoms with Crippen molar-refractivity contribution in [3.63, 3.8) is 0 Å². The Hall–Kier alpha value is -2.41. The van der Waals surface area contributed by atoms with Crippen LogP contribution in [0.3, 0.4) is 0 Å². The molecule has 2 fully saturated rings. The number of fused-ring (bicyclic) bond motifs is 1. The standard InChI is InChI=1S/C26H32N2O5S/c1-33-22-11-13-23(14-12-22)34(31,32)27-15-3-4-16-28-24(18-27)26(25(28)19-30)21-9-7-20(8-10-21)6-2-5-17-29/h7-14,24-26,29-30H,3-5,15-19H2,1H3/t24-,25-,26-/m0/s1. The molecule has 2 aliphatic rings. The highest BCUT2D eigenvalue weighted by atomic mass is 32.2. The quantitative estimate of drug-likeness (QED) is 0.610. The summed E-state index contributed by atoms with van der Waals surface area (Å²) in [6.45, 7) is 1.79. The van der Waals surface area contributed by atoms with Crippen LogP contribution >= 0.6 is 0 Å².